The number of carboxylic acid groups (broad SMARTS) is 3. The number of hydrogen-bond donors (Lipinski definition) is 13. The van der Waals surface area contributed by atoms with E-state index in [1.54, 1.807) is 33.8 Å². The van der Waals surface area contributed by atoms with Crippen LogP contribution in [0.3, 0.4) is 0 Å². The maximum Gasteiger partial charge on any atom is 0.321 e. The number of rotatable bonds is 31. The van der Waals surface area contributed by atoms with Gasteiger partial charge < -0.3 is 63.4 Å². The number of carboxylic acids is 3. The van der Waals surface area contributed by atoms with E-state index < -0.39 is 47.2 Å². The number of nitrogens with two attached hydrogens (primary N) is 1. The Balaban J connectivity index is 1.09. The molecule has 0 aromatic heterocycles. The molecule has 26 nitrogen and oxygen atoms in total. The Morgan fingerprint density at radius 3 is 1.78 bits per heavy atom. The number of amides is 6. The molecule has 0 spiro atoms. The molecule has 14 N–H and O–H groups in total. The van der Waals surface area contributed by atoms with Crippen molar-refractivity contribution in [2.75, 3.05) is 123 Å². The fourth-order valence-corrected chi connectivity index (χ4v) is 10.3. The number of nitrogens with zero attached hydrogens (tertiary/aromatic N) is 5. The minimum atomic E-state index is -1.25. The summed E-state index contributed by atoms with van der Waals surface area (Å²) in [4.78, 5) is 112. The zero-order valence-electron chi connectivity index (χ0n) is 49.7. The molecular formula is C60H90N14O12. The molecule has 472 valence electrons. The largest absolute Gasteiger partial charge is 0.508 e. The summed E-state index contributed by atoms with van der Waals surface area (Å²) in [7, 11) is 0. The summed E-state index contributed by atoms with van der Waals surface area (Å²) in [6, 6.07) is 21.6. The van der Waals surface area contributed by atoms with Crippen LogP contribution in [0, 0.1) is 11.8 Å². The molecule has 0 bridgehead atoms. The van der Waals surface area contributed by atoms with E-state index in [1.165, 1.54) is 12.1 Å². The van der Waals surface area contributed by atoms with Crippen molar-refractivity contribution >= 4 is 59.2 Å². The van der Waals surface area contributed by atoms with Gasteiger partial charge in [0.15, 0.2) is 5.96 Å². The third-order valence-electron chi connectivity index (χ3n) is 15.5. The standard InChI is InChI=1S/C60H90N14O12/c1-3-51(76)64-27-28-67-59(86)70-58(61)66-24-7-11-50(56(84)68-38-44-14-22-49(75)23-15-44)69-57(85)60(2,46-9-5-4-6-10-46)47-18-20-48(21-19-47)63-25-8-26-65-55(83)45-16-12-43(13-17-45)37-62-42-74-35-33-72(40-53(79)80)31-29-71(39-52(77)78)30-32-73(34-36-74)41-54(81)82/h4-6,9-10,14-15,18-23,43,45,50,62-63,75H,3,7-8,11-13,16-17,24-42H2,1-2H3,(H,64,76)(H,65,83)(H,68,84)(H,69,85)(H,77,78)(H,79,80)(H,81,82)(H4,61,66,67,70,86)/t43?,45?,50-,60?/m1/s1. The SMILES string of the molecule is CCC(=O)NCCNC(=O)NC(N)=NCCC[C@@H](NC(=O)C(C)(c1ccccc1)c1ccc(NCCCNC(=O)C2CCC(CNCN3CCN(CC(=O)O)CCN(CC(=O)O)CCN(CC(=O)O)CC3)CC2)cc1)C(=O)NCc1ccc(O)cc1. The average Bonchev–Trinajstić information content (AvgIpc) is 1.02. The van der Waals surface area contributed by atoms with E-state index in [1.807, 2.05) is 61.5 Å². The summed E-state index contributed by atoms with van der Waals surface area (Å²) >= 11 is 0. The van der Waals surface area contributed by atoms with Gasteiger partial charge in [0.05, 0.1) is 25.0 Å². The molecule has 6 amide bonds. The number of carbonyl (C=O) groups excluding carboxylic acids is 5. The Kier molecular flexibility index (Phi) is 29.5. The molecule has 0 radical (unpaired) electrons. The lowest BCUT2D eigenvalue weighted by atomic mass is 9.75. The number of anilines is 1. The van der Waals surface area contributed by atoms with E-state index in [4.69, 9.17) is 5.73 Å². The van der Waals surface area contributed by atoms with Crippen LogP contribution in [0.15, 0.2) is 83.9 Å². The quantitative estimate of drug-likeness (QED) is 0.0244. The lowest BCUT2D eigenvalue weighted by Crippen LogP contribution is -2.52. The molecule has 5 rings (SSSR count). The number of aromatic hydroxyl groups is 1. The topological polar surface area (TPSA) is 365 Å². The van der Waals surface area contributed by atoms with E-state index in [0.717, 1.165) is 43.5 Å². The van der Waals surface area contributed by atoms with Gasteiger partial charge in [-0.25, -0.2) is 4.79 Å². The highest BCUT2D eigenvalue weighted by atomic mass is 16.4. The van der Waals surface area contributed by atoms with Gasteiger partial charge in [-0.15, -0.1) is 0 Å². The van der Waals surface area contributed by atoms with Crippen LogP contribution in [0.2, 0.25) is 0 Å². The van der Waals surface area contributed by atoms with Crippen molar-refractivity contribution in [3.63, 3.8) is 0 Å². The van der Waals surface area contributed by atoms with Crippen LogP contribution in [-0.4, -0.2) is 218 Å². The number of carbonyl (C=O) groups is 8. The predicted octanol–water partition coefficient (Wildman–Crippen LogP) is 1.17. The van der Waals surface area contributed by atoms with Crippen molar-refractivity contribution in [1.29, 1.82) is 0 Å². The minimum absolute atomic E-state index is 0.0405. The van der Waals surface area contributed by atoms with Gasteiger partial charge in [-0.1, -0.05) is 61.5 Å². The van der Waals surface area contributed by atoms with Gasteiger partial charge in [-0.05, 0) is 105 Å². The summed E-state index contributed by atoms with van der Waals surface area (Å²) in [6.45, 7) is 9.34. The molecule has 1 aliphatic carbocycles. The molecule has 2 aliphatic rings. The Bertz CT molecular complexity index is 2630. The maximum absolute atomic E-state index is 14.7. The molecule has 3 aromatic rings. The number of guanidine groups is 1. The number of phenols is 1. The van der Waals surface area contributed by atoms with Crippen LogP contribution in [0.1, 0.15) is 81.9 Å². The smallest absolute Gasteiger partial charge is 0.321 e. The van der Waals surface area contributed by atoms with Crippen molar-refractivity contribution in [2.45, 2.75) is 83.2 Å². The first-order chi connectivity index (χ1) is 41.3. The second kappa shape index (κ2) is 36.8. The number of phenolic OH excluding ortho intramolecular Hbond substituents is 1. The van der Waals surface area contributed by atoms with Crippen molar-refractivity contribution in [3.8, 4) is 5.75 Å². The fraction of sp³-hybridized carbons (Fsp3) is 0.550. The second-order valence-corrected chi connectivity index (χ2v) is 22.0. The van der Waals surface area contributed by atoms with E-state index >= 15 is 0 Å². The Morgan fingerprint density at radius 1 is 0.651 bits per heavy atom. The first-order valence-electron chi connectivity index (χ1n) is 29.7. The molecule has 1 unspecified atom stereocenters. The highest BCUT2D eigenvalue weighted by Gasteiger charge is 2.39. The maximum atomic E-state index is 14.7. The number of nitrogens with one attached hydrogen (secondary N) is 8. The van der Waals surface area contributed by atoms with Gasteiger partial charge in [0.1, 0.15) is 11.8 Å². The molecule has 3 aromatic carbocycles. The molecular weight excluding hydrogens is 1110 g/mol. The predicted molar refractivity (Wildman–Crippen MR) is 325 cm³/mol. The van der Waals surface area contributed by atoms with E-state index in [9.17, 15) is 58.8 Å². The van der Waals surface area contributed by atoms with Crippen LogP contribution in [-0.2, 0) is 45.5 Å². The number of aliphatic carboxylic acids is 3. The molecule has 1 aliphatic heterocycles. The van der Waals surface area contributed by atoms with Crippen LogP contribution < -0.4 is 48.3 Å². The third kappa shape index (κ3) is 25.0. The minimum Gasteiger partial charge on any atom is -0.508 e. The van der Waals surface area contributed by atoms with Crippen molar-refractivity contribution in [1.82, 2.24) is 56.8 Å². The monoisotopic (exact) mass is 1200 g/mol. The van der Waals surface area contributed by atoms with E-state index in [0.29, 0.717) is 108 Å². The summed E-state index contributed by atoms with van der Waals surface area (Å²) in [6.07, 6.45) is 4.78. The first kappa shape index (κ1) is 68.9. The van der Waals surface area contributed by atoms with Gasteiger partial charge in [0.2, 0.25) is 23.6 Å². The Hall–Kier alpha value is -7.91. The lowest BCUT2D eigenvalue weighted by molar-refractivity contribution is -0.140. The molecule has 1 saturated carbocycles. The number of benzene rings is 3. The van der Waals surface area contributed by atoms with Crippen LogP contribution in [0.25, 0.3) is 0 Å². The van der Waals surface area contributed by atoms with Crippen molar-refractivity contribution in [3.05, 3.63) is 95.6 Å². The molecule has 26 heteroatoms. The van der Waals surface area contributed by atoms with Crippen LogP contribution in [0.4, 0.5) is 10.5 Å². The normalized spacial score (nSPS) is 17.9. The molecule has 2 atom stereocenters. The lowest BCUT2D eigenvalue weighted by Gasteiger charge is -2.33. The van der Waals surface area contributed by atoms with Crippen LogP contribution >= 0.6 is 0 Å². The molecule has 1 heterocycles. The Labute approximate surface area is 503 Å². The molecule has 86 heavy (non-hydrogen) atoms. The highest BCUT2D eigenvalue weighted by Crippen LogP contribution is 2.34. The third-order valence-corrected chi connectivity index (χ3v) is 15.5. The number of aliphatic imine (C=N–C) groups is 1. The zero-order chi connectivity index (χ0) is 62.3. The van der Waals surface area contributed by atoms with Crippen LogP contribution in [0.5, 0.6) is 5.75 Å². The second-order valence-electron chi connectivity index (χ2n) is 22.0. The summed E-state index contributed by atoms with van der Waals surface area (Å²) in [5, 5.41) is 62.1. The van der Waals surface area contributed by atoms with E-state index in [2.05, 4.69) is 52.4 Å². The van der Waals surface area contributed by atoms with E-state index in [-0.39, 0.29) is 81.7 Å². The first-order valence-corrected chi connectivity index (χ1v) is 29.7. The summed E-state index contributed by atoms with van der Waals surface area (Å²) < 4.78 is 0. The zero-order valence-corrected chi connectivity index (χ0v) is 49.7. The van der Waals surface area contributed by atoms with Gasteiger partial charge in [0.25, 0.3) is 0 Å². The number of urea groups is 1. The Morgan fingerprint density at radius 2 is 1.21 bits per heavy atom. The van der Waals surface area contributed by atoms with Crippen molar-refractivity contribution < 1.29 is 58.8 Å². The average molecular weight is 1200 g/mol. The molecule has 1 saturated heterocycles. The summed E-state index contributed by atoms with van der Waals surface area (Å²) in [5.74, 6) is -3.65. The van der Waals surface area contributed by atoms with Gasteiger partial charge in [-0.3, -0.25) is 63.5 Å². The van der Waals surface area contributed by atoms with Gasteiger partial charge in [-0.2, -0.15) is 0 Å². The summed E-state index contributed by atoms with van der Waals surface area (Å²) in [5.41, 5.74) is 7.65. The molecule has 2 fully saturated rings. The van der Waals surface area contributed by atoms with Gasteiger partial charge >= 0.3 is 23.9 Å². The fourth-order valence-electron chi connectivity index (χ4n) is 10.3. The van der Waals surface area contributed by atoms with Crippen molar-refractivity contribution in [2.24, 2.45) is 22.6 Å². The van der Waals surface area contributed by atoms with Gasteiger partial charge in [0, 0.05) is 116 Å². The number of hydrogen-bond acceptors (Lipinski definition) is 16. The highest BCUT2D eigenvalue weighted by molar-refractivity contribution is 5.96.